The van der Waals surface area contributed by atoms with Gasteiger partial charge in [0.05, 0.1) is 18.1 Å². The first-order chi connectivity index (χ1) is 8.62. The Morgan fingerprint density at radius 1 is 1.32 bits per heavy atom. The van der Waals surface area contributed by atoms with Crippen LogP contribution in [0.25, 0.3) is 0 Å². The molecule has 1 aromatic rings. The number of carbonyl (C=O) groups is 1. The van der Waals surface area contributed by atoms with E-state index in [9.17, 15) is 32.6 Å². The van der Waals surface area contributed by atoms with Crippen molar-refractivity contribution in [2.24, 2.45) is 5.73 Å². The lowest BCUT2D eigenvalue weighted by Crippen LogP contribution is -2.25. The van der Waals surface area contributed by atoms with Gasteiger partial charge in [0.2, 0.25) is 5.91 Å². The molecule has 1 aromatic carbocycles. The second kappa shape index (κ2) is 5.54. The molecule has 0 bridgehead atoms. The van der Waals surface area contributed by atoms with E-state index in [0.29, 0.717) is 12.1 Å². The highest BCUT2D eigenvalue weighted by Gasteiger charge is 2.34. The quantitative estimate of drug-likeness (QED) is 0.723. The summed E-state index contributed by atoms with van der Waals surface area (Å²) in [6.45, 7) is 0. The Kier molecular flexibility index (Phi) is 4.48. The molecule has 0 fully saturated rings. The third kappa shape index (κ3) is 3.90. The molecule has 0 spiro atoms. The number of nitrogens with two attached hydrogens (primary N) is 1. The van der Waals surface area contributed by atoms with E-state index in [1.54, 1.807) is 0 Å². The normalized spacial score (nSPS) is 15.1. The first-order valence-electron chi connectivity index (χ1n) is 5.14. The van der Waals surface area contributed by atoms with Gasteiger partial charge >= 0.3 is 6.18 Å². The van der Waals surface area contributed by atoms with E-state index in [-0.39, 0.29) is 5.56 Å². The van der Waals surface area contributed by atoms with Gasteiger partial charge in [-0.1, -0.05) is 6.07 Å². The average molecular weight is 281 g/mol. The van der Waals surface area contributed by atoms with Crippen LogP contribution in [0.15, 0.2) is 18.2 Å². The minimum Gasteiger partial charge on any atom is -0.390 e. The maximum absolute atomic E-state index is 13.2. The van der Waals surface area contributed by atoms with Gasteiger partial charge in [0.1, 0.15) is 11.9 Å². The van der Waals surface area contributed by atoms with Crippen molar-refractivity contribution < 1.29 is 32.6 Å². The lowest BCUT2D eigenvalue weighted by Gasteiger charge is -2.18. The number of hydrogen-bond donors (Lipinski definition) is 3. The van der Waals surface area contributed by atoms with Crippen molar-refractivity contribution in [1.29, 1.82) is 0 Å². The minimum absolute atomic E-state index is 0.278. The molecule has 0 radical (unpaired) electrons. The zero-order valence-electron chi connectivity index (χ0n) is 9.49. The van der Waals surface area contributed by atoms with Gasteiger partial charge in [-0.05, 0) is 17.7 Å². The lowest BCUT2D eigenvalue weighted by atomic mass is 10.00. The van der Waals surface area contributed by atoms with Gasteiger partial charge < -0.3 is 15.9 Å². The lowest BCUT2D eigenvalue weighted by molar-refractivity contribution is -0.140. The Hall–Kier alpha value is -1.67. The molecule has 0 aromatic heterocycles. The van der Waals surface area contributed by atoms with E-state index in [0.717, 1.165) is 6.07 Å². The fourth-order valence-corrected chi connectivity index (χ4v) is 1.49. The first-order valence-corrected chi connectivity index (χ1v) is 5.14. The van der Waals surface area contributed by atoms with E-state index in [4.69, 9.17) is 5.73 Å². The molecule has 0 aliphatic rings. The molecule has 0 heterocycles. The monoisotopic (exact) mass is 281 g/mol. The van der Waals surface area contributed by atoms with Crippen LogP contribution in [-0.4, -0.2) is 22.2 Å². The molecule has 8 heteroatoms. The van der Waals surface area contributed by atoms with E-state index in [1.807, 2.05) is 0 Å². The zero-order chi connectivity index (χ0) is 14.8. The molecule has 1 rings (SSSR count). The van der Waals surface area contributed by atoms with Gasteiger partial charge in [-0.2, -0.15) is 13.2 Å². The van der Waals surface area contributed by atoms with E-state index in [1.165, 1.54) is 0 Å². The van der Waals surface area contributed by atoms with Crippen molar-refractivity contribution in [2.75, 3.05) is 0 Å². The second-order valence-electron chi connectivity index (χ2n) is 3.92. The highest BCUT2D eigenvalue weighted by molar-refractivity contribution is 5.74. The number of rotatable bonds is 4. The predicted octanol–water partition coefficient (Wildman–Crippen LogP) is 1.11. The molecular formula is C11H11F4NO3. The van der Waals surface area contributed by atoms with Crippen molar-refractivity contribution in [3.05, 3.63) is 35.1 Å². The fraction of sp³-hybridized carbons (Fsp3) is 0.364. The summed E-state index contributed by atoms with van der Waals surface area (Å²) in [6, 6.07) is 1.73. The summed E-state index contributed by atoms with van der Waals surface area (Å²) in [7, 11) is 0. The number of halogens is 4. The van der Waals surface area contributed by atoms with Crippen LogP contribution in [-0.2, 0) is 11.0 Å². The van der Waals surface area contributed by atoms with E-state index in [2.05, 4.69) is 0 Å². The van der Waals surface area contributed by atoms with Gasteiger partial charge in [0.15, 0.2) is 0 Å². The summed E-state index contributed by atoms with van der Waals surface area (Å²) in [5, 5.41) is 18.9. The highest BCUT2D eigenvalue weighted by Crippen LogP contribution is 2.32. The van der Waals surface area contributed by atoms with E-state index < -0.39 is 42.1 Å². The number of alkyl halides is 3. The molecule has 1 amide bonds. The number of benzene rings is 1. The Morgan fingerprint density at radius 2 is 1.89 bits per heavy atom. The number of aliphatic hydroxyl groups is 2. The summed E-state index contributed by atoms with van der Waals surface area (Å²) in [4.78, 5) is 10.5. The van der Waals surface area contributed by atoms with E-state index >= 15 is 0 Å². The Balaban J connectivity index is 2.98. The molecule has 2 atom stereocenters. The van der Waals surface area contributed by atoms with Crippen molar-refractivity contribution >= 4 is 5.91 Å². The van der Waals surface area contributed by atoms with Gasteiger partial charge in [0.25, 0.3) is 0 Å². The standard InChI is InChI=1S/C11H11F4NO3/c12-7-3-5(1-2-6(7)11(13,14)15)10(19)8(17)4-9(16)18/h1-3,8,10,17,19H,4H2,(H2,16,18). The molecule has 0 aliphatic carbocycles. The SMILES string of the molecule is NC(=O)CC(O)C(O)c1ccc(C(F)(F)F)c(F)c1. The van der Waals surface area contributed by atoms with Gasteiger partial charge in [-0.15, -0.1) is 0 Å². The second-order valence-corrected chi connectivity index (χ2v) is 3.92. The maximum atomic E-state index is 13.2. The third-order valence-corrected chi connectivity index (χ3v) is 2.41. The van der Waals surface area contributed by atoms with Crippen LogP contribution in [0.5, 0.6) is 0 Å². The summed E-state index contributed by atoms with van der Waals surface area (Å²) in [6.07, 6.45) is -8.76. The Bertz CT molecular complexity index is 475. The van der Waals surface area contributed by atoms with Gasteiger partial charge in [-0.3, -0.25) is 4.79 Å². The number of amides is 1. The summed E-state index contributed by atoms with van der Waals surface area (Å²) in [5.74, 6) is -2.48. The van der Waals surface area contributed by atoms with Crippen LogP contribution < -0.4 is 5.73 Å². The van der Waals surface area contributed by atoms with Crippen molar-refractivity contribution in [2.45, 2.75) is 24.8 Å². The van der Waals surface area contributed by atoms with Crippen molar-refractivity contribution in [1.82, 2.24) is 0 Å². The average Bonchev–Trinajstić information content (AvgIpc) is 2.25. The number of hydrogen-bond acceptors (Lipinski definition) is 3. The first kappa shape index (κ1) is 15.4. The number of primary amides is 1. The van der Waals surface area contributed by atoms with Crippen LogP contribution in [0.1, 0.15) is 23.7 Å². The summed E-state index contributed by atoms with van der Waals surface area (Å²) >= 11 is 0. The minimum atomic E-state index is -4.85. The molecule has 0 aliphatic heterocycles. The Labute approximate surface area is 105 Å². The van der Waals surface area contributed by atoms with Gasteiger partial charge in [0, 0.05) is 0 Å². The molecule has 4 N–H and O–H groups in total. The Morgan fingerprint density at radius 3 is 2.32 bits per heavy atom. The van der Waals surface area contributed by atoms with Gasteiger partial charge in [-0.25, -0.2) is 4.39 Å². The summed E-state index contributed by atoms with van der Waals surface area (Å²) < 4.78 is 50.1. The van der Waals surface area contributed by atoms with Crippen LogP contribution in [0.2, 0.25) is 0 Å². The highest BCUT2D eigenvalue weighted by atomic mass is 19.4. The predicted molar refractivity (Wildman–Crippen MR) is 56.2 cm³/mol. The topological polar surface area (TPSA) is 83.6 Å². The molecule has 2 unspecified atom stereocenters. The molecule has 0 saturated carbocycles. The van der Waals surface area contributed by atoms with Crippen LogP contribution >= 0.6 is 0 Å². The molecular weight excluding hydrogens is 270 g/mol. The van der Waals surface area contributed by atoms with Crippen LogP contribution in [0.4, 0.5) is 17.6 Å². The van der Waals surface area contributed by atoms with Crippen LogP contribution in [0, 0.1) is 5.82 Å². The summed E-state index contributed by atoms with van der Waals surface area (Å²) in [5.41, 5.74) is 3.03. The smallest absolute Gasteiger partial charge is 0.390 e. The molecule has 106 valence electrons. The van der Waals surface area contributed by atoms with Crippen LogP contribution in [0.3, 0.4) is 0 Å². The number of carbonyl (C=O) groups excluding carboxylic acids is 1. The fourth-order valence-electron chi connectivity index (χ4n) is 1.49. The zero-order valence-corrected chi connectivity index (χ0v) is 9.49. The number of aliphatic hydroxyl groups excluding tert-OH is 2. The molecule has 4 nitrogen and oxygen atoms in total. The van der Waals surface area contributed by atoms with Crippen molar-refractivity contribution in [3.8, 4) is 0 Å². The molecule has 0 saturated heterocycles. The van der Waals surface area contributed by atoms with Crippen molar-refractivity contribution in [3.63, 3.8) is 0 Å². The third-order valence-electron chi connectivity index (χ3n) is 2.41. The molecule has 19 heavy (non-hydrogen) atoms. The largest absolute Gasteiger partial charge is 0.419 e. The maximum Gasteiger partial charge on any atom is 0.419 e.